The molecule has 0 N–H and O–H groups in total. The SMILES string of the molecule is O=S(=O)(c1ccc(F)cc1)N1CCN(c2ccc3ccccc3n2)CC1. The van der Waals surface area contributed by atoms with Gasteiger partial charge in [-0.1, -0.05) is 18.2 Å². The van der Waals surface area contributed by atoms with E-state index in [-0.39, 0.29) is 4.90 Å². The fourth-order valence-corrected chi connectivity index (χ4v) is 4.57. The minimum absolute atomic E-state index is 0.121. The minimum atomic E-state index is -3.60. The molecule has 0 aliphatic carbocycles. The predicted molar refractivity (Wildman–Crippen MR) is 99.1 cm³/mol. The molecule has 5 nitrogen and oxygen atoms in total. The van der Waals surface area contributed by atoms with Crippen LogP contribution in [0, 0.1) is 5.82 Å². The Morgan fingerprint density at radius 3 is 2.27 bits per heavy atom. The number of hydrogen-bond donors (Lipinski definition) is 0. The normalized spacial score (nSPS) is 16.1. The van der Waals surface area contributed by atoms with Crippen LogP contribution in [0.5, 0.6) is 0 Å². The highest BCUT2D eigenvalue weighted by Crippen LogP contribution is 2.22. The second kappa shape index (κ2) is 6.66. The molecular formula is C19H18FN3O2S. The van der Waals surface area contributed by atoms with E-state index in [0.717, 1.165) is 16.7 Å². The van der Waals surface area contributed by atoms with Crippen LogP contribution < -0.4 is 4.90 Å². The molecule has 2 aromatic carbocycles. The van der Waals surface area contributed by atoms with Gasteiger partial charge in [0.15, 0.2) is 0 Å². The van der Waals surface area contributed by atoms with Crippen molar-refractivity contribution in [2.24, 2.45) is 0 Å². The molecule has 1 fully saturated rings. The zero-order valence-corrected chi connectivity index (χ0v) is 14.9. The minimum Gasteiger partial charge on any atom is -0.354 e. The van der Waals surface area contributed by atoms with Crippen molar-refractivity contribution in [3.8, 4) is 0 Å². The number of nitrogens with zero attached hydrogens (tertiary/aromatic N) is 3. The number of piperazine rings is 1. The topological polar surface area (TPSA) is 53.5 Å². The summed E-state index contributed by atoms with van der Waals surface area (Å²) in [6.07, 6.45) is 0. The predicted octanol–water partition coefficient (Wildman–Crippen LogP) is 2.88. The summed E-state index contributed by atoms with van der Waals surface area (Å²) in [5.41, 5.74) is 0.923. The Morgan fingerprint density at radius 2 is 1.54 bits per heavy atom. The molecule has 1 saturated heterocycles. The molecule has 0 bridgehead atoms. The van der Waals surface area contributed by atoms with Crippen LogP contribution >= 0.6 is 0 Å². The Hall–Kier alpha value is -2.51. The third kappa shape index (κ3) is 3.15. The maximum atomic E-state index is 13.0. The molecule has 0 saturated carbocycles. The van der Waals surface area contributed by atoms with E-state index >= 15 is 0 Å². The van der Waals surface area contributed by atoms with Gasteiger partial charge in [0.25, 0.3) is 0 Å². The van der Waals surface area contributed by atoms with Gasteiger partial charge in [0.05, 0.1) is 10.4 Å². The maximum Gasteiger partial charge on any atom is 0.243 e. The maximum absolute atomic E-state index is 13.0. The summed E-state index contributed by atoms with van der Waals surface area (Å²) in [6, 6.07) is 16.8. The average molecular weight is 371 g/mol. The van der Waals surface area contributed by atoms with Crippen molar-refractivity contribution in [3.05, 3.63) is 66.5 Å². The summed E-state index contributed by atoms with van der Waals surface area (Å²) in [6.45, 7) is 1.86. The standard InChI is InChI=1S/C19H18FN3O2S/c20-16-6-8-17(9-7-16)26(24,25)23-13-11-22(12-14-23)19-10-5-15-3-1-2-4-18(15)21-19/h1-10H,11-14H2. The largest absolute Gasteiger partial charge is 0.354 e. The first-order valence-electron chi connectivity index (χ1n) is 8.40. The van der Waals surface area contributed by atoms with Crippen molar-refractivity contribution in [3.63, 3.8) is 0 Å². The van der Waals surface area contributed by atoms with Gasteiger partial charge in [0.1, 0.15) is 11.6 Å². The molecule has 0 spiro atoms. The van der Waals surface area contributed by atoms with E-state index in [1.165, 1.54) is 28.6 Å². The Balaban J connectivity index is 1.50. The number of fused-ring (bicyclic) bond motifs is 1. The van der Waals surface area contributed by atoms with Gasteiger partial charge in [-0.3, -0.25) is 0 Å². The van der Waals surface area contributed by atoms with E-state index < -0.39 is 15.8 Å². The molecule has 7 heteroatoms. The lowest BCUT2D eigenvalue weighted by Crippen LogP contribution is -2.48. The van der Waals surface area contributed by atoms with E-state index in [1.807, 2.05) is 36.4 Å². The first kappa shape index (κ1) is 16.9. The molecule has 0 unspecified atom stereocenters. The van der Waals surface area contributed by atoms with E-state index in [9.17, 15) is 12.8 Å². The second-order valence-corrected chi connectivity index (χ2v) is 8.15. The smallest absolute Gasteiger partial charge is 0.243 e. The van der Waals surface area contributed by atoms with Crippen LogP contribution in [0.15, 0.2) is 65.6 Å². The van der Waals surface area contributed by atoms with Crippen LogP contribution in [0.4, 0.5) is 10.2 Å². The quantitative estimate of drug-likeness (QED) is 0.710. The molecule has 1 aliphatic heterocycles. The molecular weight excluding hydrogens is 353 g/mol. The van der Waals surface area contributed by atoms with Gasteiger partial charge < -0.3 is 4.90 Å². The second-order valence-electron chi connectivity index (χ2n) is 6.21. The third-order valence-electron chi connectivity index (χ3n) is 4.60. The van der Waals surface area contributed by atoms with Crippen LogP contribution in [0.1, 0.15) is 0 Å². The van der Waals surface area contributed by atoms with Crippen LogP contribution in [0.3, 0.4) is 0 Å². The van der Waals surface area contributed by atoms with Crippen LogP contribution in [0.2, 0.25) is 0 Å². The molecule has 134 valence electrons. The number of halogens is 1. The summed E-state index contributed by atoms with van der Waals surface area (Å²) < 4.78 is 39.9. The Morgan fingerprint density at radius 1 is 0.846 bits per heavy atom. The van der Waals surface area contributed by atoms with Crippen molar-refractivity contribution >= 4 is 26.7 Å². The molecule has 0 radical (unpaired) electrons. The van der Waals surface area contributed by atoms with Crippen molar-refractivity contribution in [1.29, 1.82) is 0 Å². The number of pyridine rings is 1. The van der Waals surface area contributed by atoms with Gasteiger partial charge in [-0.25, -0.2) is 17.8 Å². The van der Waals surface area contributed by atoms with Gasteiger partial charge in [0.2, 0.25) is 10.0 Å². The first-order chi connectivity index (χ1) is 12.5. The van der Waals surface area contributed by atoms with Crippen molar-refractivity contribution in [1.82, 2.24) is 9.29 Å². The number of sulfonamides is 1. The Bertz CT molecular complexity index is 1030. The molecule has 1 aliphatic rings. The molecule has 1 aromatic heterocycles. The highest BCUT2D eigenvalue weighted by molar-refractivity contribution is 7.89. The van der Waals surface area contributed by atoms with Crippen molar-refractivity contribution in [2.75, 3.05) is 31.1 Å². The van der Waals surface area contributed by atoms with Gasteiger partial charge in [-0.15, -0.1) is 0 Å². The van der Waals surface area contributed by atoms with Crippen LogP contribution in [-0.2, 0) is 10.0 Å². The molecule has 4 rings (SSSR count). The van der Waals surface area contributed by atoms with E-state index in [4.69, 9.17) is 0 Å². The lowest BCUT2D eigenvalue weighted by atomic mass is 10.2. The monoisotopic (exact) mass is 371 g/mol. The molecule has 0 atom stereocenters. The Kier molecular flexibility index (Phi) is 4.34. The zero-order chi connectivity index (χ0) is 18.1. The number of benzene rings is 2. The van der Waals surface area contributed by atoms with Gasteiger partial charge in [-0.05, 0) is 42.5 Å². The average Bonchev–Trinajstić information content (AvgIpc) is 2.68. The zero-order valence-electron chi connectivity index (χ0n) is 14.0. The number of hydrogen-bond acceptors (Lipinski definition) is 4. The summed E-state index contributed by atoms with van der Waals surface area (Å²) in [5.74, 6) is 0.402. The fourth-order valence-electron chi connectivity index (χ4n) is 3.14. The highest BCUT2D eigenvalue weighted by atomic mass is 32.2. The number of anilines is 1. The lowest BCUT2D eigenvalue weighted by Gasteiger charge is -2.34. The molecule has 3 aromatic rings. The number of rotatable bonds is 3. The van der Waals surface area contributed by atoms with Crippen LogP contribution in [0.25, 0.3) is 10.9 Å². The van der Waals surface area contributed by atoms with E-state index in [2.05, 4.69) is 9.88 Å². The highest BCUT2D eigenvalue weighted by Gasteiger charge is 2.28. The number of para-hydroxylation sites is 1. The summed E-state index contributed by atoms with van der Waals surface area (Å²) in [7, 11) is -3.60. The van der Waals surface area contributed by atoms with Crippen molar-refractivity contribution < 1.29 is 12.8 Å². The summed E-state index contributed by atoms with van der Waals surface area (Å²) in [4.78, 5) is 6.88. The van der Waals surface area contributed by atoms with Gasteiger partial charge >= 0.3 is 0 Å². The summed E-state index contributed by atoms with van der Waals surface area (Å²) >= 11 is 0. The van der Waals surface area contributed by atoms with Crippen molar-refractivity contribution in [2.45, 2.75) is 4.90 Å². The van der Waals surface area contributed by atoms with E-state index in [1.54, 1.807) is 0 Å². The first-order valence-corrected chi connectivity index (χ1v) is 9.84. The molecule has 0 amide bonds. The fraction of sp³-hybridized carbons (Fsp3) is 0.211. The summed E-state index contributed by atoms with van der Waals surface area (Å²) in [5, 5.41) is 1.08. The molecule has 2 heterocycles. The number of aromatic nitrogens is 1. The van der Waals surface area contributed by atoms with Gasteiger partial charge in [0, 0.05) is 31.6 Å². The Labute approximate surface area is 151 Å². The van der Waals surface area contributed by atoms with Crippen LogP contribution in [-0.4, -0.2) is 43.9 Å². The van der Waals surface area contributed by atoms with E-state index in [0.29, 0.717) is 26.2 Å². The lowest BCUT2D eigenvalue weighted by molar-refractivity contribution is 0.384. The van der Waals surface area contributed by atoms with Gasteiger partial charge in [-0.2, -0.15) is 4.31 Å². The molecule has 26 heavy (non-hydrogen) atoms. The third-order valence-corrected chi connectivity index (χ3v) is 6.51.